The normalized spacial score (nSPS) is 21.9. The summed E-state index contributed by atoms with van der Waals surface area (Å²) < 4.78 is 0. The highest BCUT2D eigenvalue weighted by molar-refractivity contribution is 5.74. The lowest BCUT2D eigenvalue weighted by molar-refractivity contribution is 0.174. The van der Waals surface area contributed by atoms with E-state index in [0.29, 0.717) is 12.5 Å². The second-order valence-electron chi connectivity index (χ2n) is 6.16. The number of carbonyl (C=O) groups is 1. The van der Waals surface area contributed by atoms with E-state index in [2.05, 4.69) is 42.7 Å². The van der Waals surface area contributed by atoms with Crippen LogP contribution in [0.5, 0.6) is 0 Å². The van der Waals surface area contributed by atoms with Crippen LogP contribution < -0.4 is 10.6 Å². The standard InChI is InChI=1S/C17H26N2O2/c1-12-3-6-15(13(2)9-12)10-18-17(21)19-16-7-4-14(11-20)5-8-16/h3,6,9,14,16,20H,4-5,7-8,10-11H2,1-2H3,(H2,18,19,21). The zero-order valence-corrected chi connectivity index (χ0v) is 13.0. The maximum absolute atomic E-state index is 11.9. The van der Waals surface area contributed by atoms with Gasteiger partial charge in [-0.3, -0.25) is 0 Å². The number of urea groups is 1. The van der Waals surface area contributed by atoms with E-state index in [4.69, 9.17) is 5.11 Å². The van der Waals surface area contributed by atoms with Crippen LogP contribution >= 0.6 is 0 Å². The monoisotopic (exact) mass is 290 g/mol. The summed E-state index contributed by atoms with van der Waals surface area (Å²) in [5.74, 6) is 0.418. The molecule has 1 fully saturated rings. The van der Waals surface area contributed by atoms with E-state index < -0.39 is 0 Å². The summed E-state index contributed by atoms with van der Waals surface area (Å²) in [6, 6.07) is 6.41. The summed E-state index contributed by atoms with van der Waals surface area (Å²) in [6.07, 6.45) is 3.92. The third kappa shape index (κ3) is 4.74. The highest BCUT2D eigenvalue weighted by Gasteiger charge is 2.21. The maximum Gasteiger partial charge on any atom is 0.315 e. The molecule has 0 aromatic heterocycles. The van der Waals surface area contributed by atoms with Crippen LogP contribution in [0.15, 0.2) is 18.2 Å². The number of hydrogen-bond acceptors (Lipinski definition) is 2. The van der Waals surface area contributed by atoms with Crippen molar-refractivity contribution in [3.63, 3.8) is 0 Å². The van der Waals surface area contributed by atoms with E-state index in [1.165, 1.54) is 11.1 Å². The van der Waals surface area contributed by atoms with Gasteiger partial charge in [-0.25, -0.2) is 4.79 Å². The van der Waals surface area contributed by atoms with Gasteiger partial charge in [0.25, 0.3) is 0 Å². The van der Waals surface area contributed by atoms with Crippen molar-refractivity contribution in [1.82, 2.24) is 10.6 Å². The second kappa shape index (κ2) is 7.46. The van der Waals surface area contributed by atoms with Gasteiger partial charge < -0.3 is 15.7 Å². The highest BCUT2D eigenvalue weighted by atomic mass is 16.3. The summed E-state index contributed by atoms with van der Waals surface area (Å²) >= 11 is 0. The molecule has 0 aliphatic heterocycles. The topological polar surface area (TPSA) is 61.4 Å². The largest absolute Gasteiger partial charge is 0.396 e. The number of hydrogen-bond donors (Lipinski definition) is 3. The molecule has 2 rings (SSSR count). The van der Waals surface area contributed by atoms with E-state index in [0.717, 1.165) is 31.2 Å². The lowest BCUT2D eigenvalue weighted by Crippen LogP contribution is -2.43. The molecule has 0 atom stereocenters. The lowest BCUT2D eigenvalue weighted by Gasteiger charge is -2.28. The zero-order chi connectivity index (χ0) is 15.2. The van der Waals surface area contributed by atoms with Gasteiger partial charge >= 0.3 is 6.03 Å². The van der Waals surface area contributed by atoms with Crippen LogP contribution in [-0.2, 0) is 6.54 Å². The number of nitrogens with one attached hydrogen (secondary N) is 2. The van der Waals surface area contributed by atoms with Crippen LogP contribution in [-0.4, -0.2) is 23.8 Å². The Hall–Kier alpha value is -1.55. The second-order valence-corrected chi connectivity index (χ2v) is 6.16. The van der Waals surface area contributed by atoms with Crippen LogP contribution in [0.25, 0.3) is 0 Å². The summed E-state index contributed by atoms with van der Waals surface area (Å²) in [4.78, 5) is 11.9. The quantitative estimate of drug-likeness (QED) is 0.798. The van der Waals surface area contributed by atoms with Gasteiger partial charge in [-0.2, -0.15) is 0 Å². The fourth-order valence-corrected chi connectivity index (χ4v) is 2.95. The average molecular weight is 290 g/mol. The summed E-state index contributed by atoms with van der Waals surface area (Å²) in [5.41, 5.74) is 3.60. The van der Waals surface area contributed by atoms with Crippen molar-refractivity contribution in [1.29, 1.82) is 0 Å². The first-order chi connectivity index (χ1) is 10.1. The van der Waals surface area contributed by atoms with Crippen molar-refractivity contribution in [2.24, 2.45) is 5.92 Å². The Balaban J connectivity index is 1.75. The molecule has 1 aliphatic rings. The van der Waals surface area contributed by atoms with Gasteiger partial charge in [-0.1, -0.05) is 23.8 Å². The van der Waals surface area contributed by atoms with Crippen molar-refractivity contribution < 1.29 is 9.90 Å². The van der Waals surface area contributed by atoms with E-state index in [1.807, 2.05) is 0 Å². The van der Waals surface area contributed by atoms with Crippen molar-refractivity contribution in [3.05, 3.63) is 34.9 Å². The molecule has 0 radical (unpaired) electrons. The first kappa shape index (κ1) is 15.8. The number of aryl methyl sites for hydroxylation is 2. The minimum Gasteiger partial charge on any atom is -0.396 e. The molecule has 0 bridgehead atoms. The Bertz CT molecular complexity index is 480. The van der Waals surface area contributed by atoms with Crippen molar-refractivity contribution >= 4 is 6.03 Å². The zero-order valence-electron chi connectivity index (χ0n) is 13.0. The molecule has 21 heavy (non-hydrogen) atoms. The van der Waals surface area contributed by atoms with Gasteiger partial charge in [0.05, 0.1) is 0 Å². The van der Waals surface area contributed by atoms with E-state index in [-0.39, 0.29) is 18.7 Å². The number of aliphatic hydroxyl groups is 1. The number of benzene rings is 1. The number of carbonyl (C=O) groups excluding carboxylic acids is 1. The number of rotatable bonds is 4. The summed E-state index contributed by atoms with van der Waals surface area (Å²) in [6.45, 7) is 4.97. The third-order valence-corrected chi connectivity index (χ3v) is 4.38. The fraction of sp³-hybridized carbons (Fsp3) is 0.588. The third-order valence-electron chi connectivity index (χ3n) is 4.38. The number of aliphatic hydroxyl groups excluding tert-OH is 1. The van der Waals surface area contributed by atoms with Gasteiger partial charge in [-0.05, 0) is 56.6 Å². The molecule has 2 amide bonds. The Morgan fingerprint density at radius 2 is 1.95 bits per heavy atom. The lowest BCUT2D eigenvalue weighted by atomic mass is 9.87. The molecule has 0 saturated heterocycles. The van der Waals surface area contributed by atoms with E-state index in [1.54, 1.807) is 0 Å². The smallest absolute Gasteiger partial charge is 0.315 e. The molecule has 1 aromatic rings. The molecular formula is C17H26N2O2. The minimum absolute atomic E-state index is 0.0950. The molecule has 116 valence electrons. The molecule has 3 N–H and O–H groups in total. The highest BCUT2D eigenvalue weighted by Crippen LogP contribution is 2.23. The minimum atomic E-state index is -0.0950. The predicted molar refractivity (Wildman–Crippen MR) is 84.1 cm³/mol. The molecule has 1 aliphatic carbocycles. The fourth-order valence-electron chi connectivity index (χ4n) is 2.95. The Morgan fingerprint density at radius 3 is 2.57 bits per heavy atom. The molecule has 1 aromatic carbocycles. The summed E-state index contributed by atoms with van der Waals surface area (Å²) in [5, 5.41) is 15.1. The molecular weight excluding hydrogens is 264 g/mol. The summed E-state index contributed by atoms with van der Waals surface area (Å²) in [7, 11) is 0. The first-order valence-electron chi connectivity index (χ1n) is 7.80. The van der Waals surface area contributed by atoms with Gasteiger partial charge in [0.1, 0.15) is 0 Å². The SMILES string of the molecule is Cc1ccc(CNC(=O)NC2CCC(CO)CC2)c(C)c1. The van der Waals surface area contributed by atoms with Gasteiger partial charge in [0, 0.05) is 19.2 Å². The van der Waals surface area contributed by atoms with E-state index >= 15 is 0 Å². The molecule has 4 heteroatoms. The van der Waals surface area contributed by atoms with Crippen molar-refractivity contribution in [3.8, 4) is 0 Å². The average Bonchev–Trinajstić information content (AvgIpc) is 2.47. The Kier molecular flexibility index (Phi) is 5.62. The molecule has 0 spiro atoms. The van der Waals surface area contributed by atoms with Crippen LogP contribution in [0.3, 0.4) is 0 Å². The van der Waals surface area contributed by atoms with E-state index in [9.17, 15) is 4.79 Å². The predicted octanol–water partition coefficient (Wildman–Crippen LogP) is 2.65. The van der Waals surface area contributed by atoms with Crippen molar-refractivity contribution in [2.45, 2.75) is 52.1 Å². The first-order valence-corrected chi connectivity index (χ1v) is 7.80. The molecule has 0 unspecified atom stereocenters. The van der Waals surface area contributed by atoms with Gasteiger partial charge in [-0.15, -0.1) is 0 Å². The Morgan fingerprint density at radius 1 is 1.24 bits per heavy atom. The number of amides is 2. The van der Waals surface area contributed by atoms with Gasteiger partial charge in [0.15, 0.2) is 0 Å². The van der Waals surface area contributed by atoms with Crippen LogP contribution in [0.1, 0.15) is 42.4 Å². The molecule has 1 saturated carbocycles. The maximum atomic E-state index is 11.9. The molecule has 4 nitrogen and oxygen atoms in total. The van der Waals surface area contributed by atoms with Crippen molar-refractivity contribution in [2.75, 3.05) is 6.61 Å². The molecule has 0 heterocycles. The Labute approximate surface area is 126 Å². The van der Waals surface area contributed by atoms with Crippen LogP contribution in [0.4, 0.5) is 4.79 Å². The van der Waals surface area contributed by atoms with Crippen LogP contribution in [0, 0.1) is 19.8 Å². The van der Waals surface area contributed by atoms with Gasteiger partial charge in [0.2, 0.25) is 0 Å². The van der Waals surface area contributed by atoms with Crippen LogP contribution in [0.2, 0.25) is 0 Å².